The quantitative estimate of drug-likeness (QED) is 0.784. The van der Waals surface area contributed by atoms with Crippen molar-refractivity contribution in [1.82, 2.24) is 30.4 Å². The van der Waals surface area contributed by atoms with E-state index in [0.29, 0.717) is 17.6 Å². The molecule has 1 amide bonds. The average molecular weight is 297 g/mol. The smallest absolute Gasteiger partial charge is 0.322 e. The van der Waals surface area contributed by atoms with Gasteiger partial charge >= 0.3 is 6.01 Å². The van der Waals surface area contributed by atoms with Crippen LogP contribution in [0, 0.1) is 0 Å². The molecule has 0 aliphatic carbocycles. The van der Waals surface area contributed by atoms with Crippen LogP contribution in [-0.2, 0) is 11.3 Å². The molecule has 2 heterocycles. The van der Waals surface area contributed by atoms with Crippen LogP contribution in [0.25, 0.3) is 0 Å². The maximum Gasteiger partial charge on any atom is 0.322 e. The lowest BCUT2D eigenvalue weighted by molar-refractivity contribution is -0.113. The van der Waals surface area contributed by atoms with Gasteiger partial charge in [0.1, 0.15) is 0 Å². The summed E-state index contributed by atoms with van der Waals surface area (Å²) >= 11 is 1.24. The Hall–Kier alpha value is -1.97. The fourth-order valence-corrected chi connectivity index (χ4v) is 2.04. The van der Waals surface area contributed by atoms with Gasteiger partial charge in [-0.3, -0.25) is 10.1 Å². The van der Waals surface area contributed by atoms with Crippen molar-refractivity contribution in [3.8, 4) is 0 Å². The molecule has 0 aliphatic heterocycles. The van der Waals surface area contributed by atoms with Crippen molar-refractivity contribution in [2.24, 2.45) is 0 Å². The molecule has 0 radical (unpaired) electrons. The molecule has 1 N–H and O–H groups in total. The molecule has 10 heteroatoms. The zero-order valence-electron chi connectivity index (χ0n) is 11.4. The summed E-state index contributed by atoms with van der Waals surface area (Å²) in [6.45, 7) is 6.43. The van der Waals surface area contributed by atoms with Crippen LogP contribution in [0.1, 0.15) is 32.6 Å². The fourth-order valence-electron chi connectivity index (χ4n) is 1.30. The van der Waals surface area contributed by atoms with Gasteiger partial charge in [0.2, 0.25) is 17.0 Å². The van der Waals surface area contributed by atoms with E-state index in [9.17, 15) is 4.79 Å². The third-order valence-electron chi connectivity index (χ3n) is 2.31. The number of carbonyl (C=O) groups excluding carboxylic acids is 1. The number of nitrogens with one attached hydrogen (secondary N) is 1. The minimum absolute atomic E-state index is 0.106. The van der Waals surface area contributed by atoms with E-state index < -0.39 is 0 Å². The highest BCUT2D eigenvalue weighted by Gasteiger charge is 2.13. The van der Waals surface area contributed by atoms with E-state index in [1.807, 2.05) is 20.8 Å². The molecule has 0 saturated carbocycles. The van der Waals surface area contributed by atoms with E-state index in [0.717, 1.165) is 0 Å². The molecular formula is C10H15N7O2S. The Balaban J connectivity index is 1.86. The van der Waals surface area contributed by atoms with Crippen LogP contribution in [-0.4, -0.2) is 42.1 Å². The first-order valence-corrected chi connectivity index (χ1v) is 7.11. The zero-order chi connectivity index (χ0) is 14.5. The topological polar surface area (TPSA) is 112 Å². The van der Waals surface area contributed by atoms with Crippen molar-refractivity contribution in [3.63, 3.8) is 0 Å². The number of tetrazole rings is 1. The van der Waals surface area contributed by atoms with Crippen LogP contribution in [0.5, 0.6) is 0 Å². The number of hydrogen-bond acceptors (Lipinski definition) is 8. The predicted octanol–water partition coefficient (Wildman–Crippen LogP) is 0.930. The Kier molecular flexibility index (Phi) is 4.66. The maximum atomic E-state index is 11.7. The number of hydrogen-bond donors (Lipinski definition) is 1. The van der Waals surface area contributed by atoms with Gasteiger partial charge in [0.25, 0.3) is 0 Å². The molecule has 0 unspecified atom stereocenters. The first-order chi connectivity index (χ1) is 9.60. The third-order valence-corrected chi connectivity index (χ3v) is 3.27. The molecule has 0 atom stereocenters. The van der Waals surface area contributed by atoms with Gasteiger partial charge in [-0.2, -0.15) is 0 Å². The first kappa shape index (κ1) is 14.4. The first-order valence-electron chi connectivity index (χ1n) is 6.12. The minimum atomic E-state index is -0.250. The van der Waals surface area contributed by atoms with Crippen LogP contribution in [0.2, 0.25) is 0 Å². The number of carbonyl (C=O) groups is 1. The van der Waals surface area contributed by atoms with Crippen molar-refractivity contribution < 1.29 is 9.21 Å². The number of amides is 1. The van der Waals surface area contributed by atoms with Crippen LogP contribution >= 0.6 is 11.8 Å². The standard InChI is InChI=1S/C10H15N7O2S/c1-4-17-10(14-15-16-17)20-5-7(18)11-9-13-12-8(19-9)6(2)3/h6H,4-5H2,1-3H3,(H,11,13,18). The lowest BCUT2D eigenvalue weighted by Gasteiger charge is -2.01. The van der Waals surface area contributed by atoms with E-state index in [1.165, 1.54) is 11.8 Å². The largest absolute Gasteiger partial charge is 0.408 e. The average Bonchev–Trinajstić information content (AvgIpc) is 3.04. The Morgan fingerprint density at radius 1 is 1.40 bits per heavy atom. The highest BCUT2D eigenvalue weighted by molar-refractivity contribution is 7.99. The van der Waals surface area contributed by atoms with Gasteiger partial charge in [0, 0.05) is 12.5 Å². The number of aromatic nitrogens is 6. The molecule has 0 fully saturated rings. The minimum Gasteiger partial charge on any atom is -0.408 e. The summed E-state index contributed by atoms with van der Waals surface area (Å²) in [7, 11) is 0. The van der Waals surface area contributed by atoms with Gasteiger partial charge in [-0.1, -0.05) is 30.7 Å². The van der Waals surface area contributed by atoms with Gasteiger partial charge in [-0.15, -0.1) is 10.2 Å². The molecule has 0 spiro atoms. The Bertz CT molecular complexity index is 580. The molecule has 108 valence electrons. The summed E-state index contributed by atoms with van der Waals surface area (Å²) < 4.78 is 6.90. The van der Waals surface area contributed by atoms with Crippen molar-refractivity contribution >= 4 is 23.7 Å². The number of anilines is 1. The fraction of sp³-hybridized carbons (Fsp3) is 0.600. The summed E-state index contributed by atoms with van der Waals surface area (Å²) in [5.41, 5.74) is 0. The second-order valence-electron chi connectivity index (χ2n) is 4.21. The second kappa shape index (κ2) is 6.46. The molecule has 0 aliphatic rings. The monoisotopic (exact) mass is 297 g/mol. The normalized spacial score (nSPS) is 11.0. The third kappa shape index (κ3) is 3.53. The van der Waals surface area contributed by atoms with Crippen molar-refractivity contribution in [2.45, 2.75) is 38.4 Å². The SMILES string of the molecule is CCn1nnnc1SCC(=O)Nc1nnc(C(C)C)o1. The lowest BCUT2D eigenvalue weighted by atomic mass is 10.2. The van der Waals surface area contributed by atoms with Gasteiger partial charge in [0.15, 0.2) is 0 Å². The van der Waals surface area contributed by atoms with Gasteiger partial charge in [0.05, 0.1) is 5.75 Å². The Morgan fingerprint density at radius 3 is 2.85 bits per heavy atom. The Labute approximate surface area is 119 Å². The van der Waals surface area contributed by atoms with E-state index in [1.54, 1.807) is 4.68 Å². The number of thioether (sulfide) groups is 1. The molecule has 9 nitrogen and oxygen atoms in total. The van der Waals surface area contributed by atoms with Gasteiger partial charge < -0.3 is 4.42 Å². The molecule has 0 bridgehead atoms. The molecule has 20 heavy (non-hydrogen) atoms. The molecule has 0 aromatic carbocycles. The van der Waals surface area contributed by atoms with Gasteiger partial charge in [-0.25, -0.2) is 4.68 Å². The van der Waals surface area contributed by atoms with Crippen molar-refractivity contribution in [2.75, 3.05) is 11.1 Å². The van der Waals surface area contributed by atoms with E-state index >= 15 is 0 Å². The van der Waals surface area contributed by atoms with Crippen molar-refractivity contribution in [3.05, 3.63) is 5.89 Å². The van der Waals surface area contributed by atoms with E-state index in [-0.39, 0.29) is 23.6 Å². The summed E-state index contributed by atoms with van der Waals surface area (Å²) in [5, 5.41) is 21.9. The number of rotatable bonds is 6. The summed E-state index contributed by atoms with van der Waals surface area (Å²) in [6, 6.07) is 0.106. The number of nitrogens with zero attached hydrogens (tertiary/aromatic N) is 6. The second-order valence-corrected chi connectivity index (χ2v) is 5.16. The number of aryl methyl sites for hydroxylation is 1. The molecule has 2 rings (SSSR count). The highest BCUT2D eigenvalue weighted by atomic mass is 32.2. The summed E-state index contributed by atoms with van der Waals surface area (Å²) in [5.74, 6) is 0.527. The molecular weight excluding hydrogens is 282 g/mol. The highest BCUT2D eigenvalue weighted by Crippen LogP contribution is 2.16. The van der Waals surface area contributed by atoms with Crippen LogP contribution < -0.4 is 5.32 Å². The van der Waals surface area contributed by atoms with Crippen LogP contribution in [0.15, 0.2) is 9.57 Å². The Morgan fingerprint density at radius 2 is 2.20 bits per heavy atom. The summed E-state index contributed by atoms with van der Waals surface area (Å²) in [6.07, 6.45) is 0. The van der Waals surface area contributed by atoms with E-state index in [2.05, 4.69) is 31.0 Å². The summed E-state index contributed by atoms with van der Waals surface area (Å²) in [4.78, 5) is 11.7. The molecule has 2 aromatic rings. The zero-order valence-corrected chi connectivity index (χ0v) is 12.2. The van der Waals surface area contributed by atoms with Crippen molar-refractivity contribution in [1.29, 1.82) is 0 Å². The predicted molar refractivity (Wildman–Crippen MR) is 71.2 cm³/mol. The molecule has 2 aromatic heterocycles. The molecule has 0 saturated heterocycles. The van der Waals surface area contributed by atoms with Gasteiger partial charge in [-0.05, 0) is 17.4 Å². The van der Waals surface area contributed by atoms with E-state index in [4.69, 9.17) is 4.42 Å². The lowest BCUT2D eigenvalue weighted by Crippen LogP contribution is -2.15. The van der Waals surface area contributed by atoms with Crippen LogP contribution in [0.4, 0.5) is 6.01 Å². The maximum absolute atomic E-state index is 11.7. The van der Waals surface area contributed by atoms with Crippen LogP contribution in [0.3, 0.4) is 0 Å².